The van der Waals surface area contributed by atoms with Gasteiger partial charge >= 0.3 is 11.9 Å². The Labute approximate surface area is 512 Å². The zero-order chi connectivity index (χ0) is 65.5. The van der Waals surface area contributed by atoms with Crippen LogP contribution in [0.4, 0.5) is 0 Å². The van der Waals surface area contributed by atoms with Crippen molar-refractivity contribution < 1.29 is 98.2 Å². The highest BCUT2D eigenvalue weighted by molar-refractivity contribution is 8.13. The van der Waals surface area contributed by atoms with E-state index in [2.05, 4.69) is 10.6 Å². The second-order valence-corrected chi connectivity index (χ2v) is 23.6. The molecule has 0 unspecified atom stereocenters. The predicted molar refractivity (Wildman–Crippen MR) is 327 cm³/mol. The van der Waals surface area contributed by atoms with Gasteiger partial charge in [0.2, 0.25) is 11.8 Å². The Morgan fingerprint density at radius 3 is 1.38 bits per heavy atom. The van der Waals surface area contributed by atoms with Gasteiger partial charge in [0.15, 0.2) is 21.8 Å². The first-order valence-corrected chi connectivity index (χ1v) is 31.4. The number of thioether (sulfide) groups is 2. The molecule has 0 saturated carbocycles. The van der Waals surface area contributed by atoms with Crippen molar-refractivity contribution in [2.24, 2.45) is 41.4 Å². The van der Waals surface area contributed by atoms with E-state index in [9.17, 15) is 74.1 Å². The van der Waals surface area contributed by atoms with Crippen LogP contribution in [0.3, 0.4) is 0 Å². The van der Waals surface area contributed by atoms with Gasteiger partial charge in [-0.05, 0) is 64.5 Å². The molecule has 2 amide bonds. The molecule has 0 aromatic heterocycles. The van der Waals surface area contributed by atoms with Crippen LogP contribution in [0.15, 0.2) is 48.6 Å². The van der Waals surface area contributed by atoms with Gasteiger partial charge in [-0.25, -0.2) is 0 Å². The first kappa shape index (κ1) is 82.9. The number of nitrogens with one attached hydrogen (secondary N) is 2. The van der Waals surface area contributed by atoms with Crippen LogP contribution >= 0.6 is 23.5 Å². The van der Waals surface area contributed by atoms with Crippen LogP contribution in [0, 0.1) is 41.4 Å². The van der Waals surface area contributed by atoms with E-state index >= 15 is 0 Å². The molecule has 2 heterocycles. The number of hydrogen-bond acceptors (Lipinski definition) is 22. The van der Waals surface area contributed by atoms with Gasteiger partial charge in [-0.15, -0.1) is 0 Å². The summed E-state index contributed by atoms with van der Waals surface area (Å²) in [4.78, 5) is 93.4. The maximum absolute atomic E-state index is 12.3. The van der Waals surface area contributed by atoms with Crippen LogP contribution in [0.5, 0.6) is 0 Å². The zero-order valence-electron chi connectivity index (χ0n) is 52.5. The molecule has 18 atom stereocenters. The highest BCUT2D eigenvalue weighted by atomic mass is 32.2. The van der Waals surface area contributed by atoms with E-state index in [0.717, 1.165) is 23.5 Å². The third kappa shape index (κ3) is 34.8. The Hall–Kier alpha value is -4.18. The molecule has 0 fully saturated rings. The molecule has 10 N–H and O–H groups in total. The molecular weight excluding hydrogens is 1140 g/mol. The Morgan fingerprint density at radius 2 is 1.01 bits per heavy atom. The van der Waals surface area contributed by atoms with Crippen molar-refractivity contribution in [3.8, 4) is 0 Å². The summed E-state index contributed by atoms with van der Waals surface area (Å²) in [6, 6.07) is 0. The van der Waals surface area contributed by atoms with E-state index in [0.29, 0.717) is 63.1 Å². The van der Waals surface area contributed by atoms with Gasteiger partial charge in [0.1, 0.15) is 30.5 Å². The fraction of sp³-hybridized carbons (Fsp3) is 0.738. The number of carbonyl (C=O) groups is 8. The quantitative estimate of drug-likeness (QED) is 0.0723. The highest BCUT2D eigenvalue weighted by Crippen LogP contribution is 2.28. The third-order valence-corrected chi connectivity index (χ3v) is 16.6. The minimum Gasteiger partial charge on any atom is -0.462 e. The molecule has 0 spiro atoms. The minimum atomic E-state index is -1.27. The average molecular weight is 1250 g/mol. The number of allylic oxidation sites excluding steroid dienone is 6. The summed E-state index contributed by atoms with van der Waals surface area (Å²) in [5.41, 5.74) is 0. The largest absolute Gasteiger partial charge is 0.462 e. The number of cyclic esters (lactones) is 2. The van der Waals surface area contributed by atoms with Crippen LogP contribution in [-0.4, -0.2) is 199 Å². The minimum absolute atomic E-state index is 0.00776. The second kappa shape index (κ2) is 46.9. The van der Waals surface area contributed by atoms with Crippen molar-refractivity contribution >= 4 is 69.1 Å². The number of ether oxygens (including phenoxy) is 4. The third-order valence-electron chi connectivity index (χ3n) is 14.5. The fourth-order valence-corrected chi connectivity index (χ4v) is 9.99. The summed E-state index contributed by atoms with van der Waals surface area (Å²) in [7, 11) is 2.74. The number of aliphatic hydroxyl groups excluding tert-OH is 8. The van der Waals surface area contributed by atoms with Crippen molar-refractivity contribution in [1.82, 2.24) is 10.6 Å². The molecule has 0 aliphatic carbocycles. The molecule has 0 aromatic carbocycles. The lowest BCUT2D eigenvalue weighted by molar-refractivity contribution is -0.160. The smallest absolute Gasteiger partial charge is 0.308 e. The van der Waals surface area contributed by atoms with Crippen molar-refractivity contribution in [2.45, 2.75) is 202 Å². The molecule has 0 aromatic rings. The number of carbonyl (C=O) groups excluding carboxylic acids is 8. The predicted octanol–water partition coefficient (Wildman–Crippen LogP) is 4.13. The standard InChI is InChI=1S/C21H34O6.C20H32O7.C10H19NO4S.C10H19NO3S/c1-6-16-11-14(3)17(22)10-8-7-9-13(2)15(4)27-19(24)12-18(23)21(26-5)20(16)25;1-5-14-10-12(2)15(21)8-6-7-9-16(22)13(3)27-18(24)11-17(23)20(26-4)19(14)25;1-3-9(14)11-4-5-16-10(15)8(6-12)7(2)13;1-4-9(13)11-5-6-15-10(14)7(2)8(3)12/h7-10,13-16,18,20-21,23,25H,6,11-12H2,1-5H3;6-9,12-14,16-17,19-20,22-23,25H,5,10-11H2,1-4H3;7-8,12-13H,3-6H2,1-2H3,(H,11,14);7-8,12H,4-6H2,1-3H3,(H,11,13)/b9-7+,10-8+;8-6+,9-7+;;/t13-,14+,15+,16-,18+,20-,21-;12-,13-,14+,16+,17-,19+,20+;2*7-,8-/m0111/s1. The van der Waals surface area contributed by atoms with Gasteiger partial charge < -0.3 is 70.4 Å². The molecule has 85 heavy (non-hydrogen) atoms. The van der Waals surface area contributed by atoms with Crippen LogP contribution in [0.25, 0.3) is 0 Å². The number of methoxy groups -OCH3 is 2. The molecule has 22 nitrogen and oxygen atoms in total. The van der Waals surface area contributed by atoms with Crippen LogP contribution in [0.1, 0.15) is 134 Å². The average Bonchev–Trinajstić information content (AvgIpc) is 3.49. The summed E-state index contributed by atoms with van der Waals surface area (Å²) in [6.07, 6.45) is 4.92. The highest BCUT2D eigenvalue weighted by Gasteiger charge is 2.37. The van der Waals surface area contributed by atoms with Gasteiger partial charge in [-0.2, -0.15) is 0 Å². The molecule has 0 saturated heterocycles. The van der Waals surface area contributed by atoms with E-state index in [4.69, 9.17) is 24.1 Å². The normalized spacial score (nSPS) is 30.4. The lowest BCUT2D eigenvalue weighted by Gasteiger charge is -2.32. The van der Waals surface area contributed by atoms with E-state index in [1.807, 2.05) is 33.8 Å². The van der Waals surface area contributed by atoms with Crippen LogP contribution in [0.2, 0.25) is 0 Å². The number of aliphatic hydroxyl groups is 8. The van der Waals surface area contributed by atoms with E-state index in [1.54, 1.807) is 53.7 Å². The Kier molecular flexibility index (Phi) is 45.7. The van der Waals surface area contributed by atoms with Crippen LogP contribution in [-0.2, 0) is 57.3 Å². The number of esters is 2. The van der Waals surface area contributed by atoms with Gasteiger partial charge in [0, 0.05) is 69.4 Å². The van der Waals surface area contributed by atoms with Gasteiger partial charge in [-0.1, -0.05) is 128 Å². The zero-order valence-corrected chi connectivity index (χ0v) is 54.1. The monoisotopic (exact) mass is 1250 g/mol. The molecule has 0 radical (unpaired) electrons. The number of ketones is 2. The lowest BCUT2D eigenvalue weighted by Crippen LogP contribution is -2.45. The molecule has 24 heteroatoms. The first-order valence-electron chi connectivity index (χ1n) is 29.4. The molecule has 2 aliphatic rings. The van der Waals surface area contributed by atoms with Gasteiger partial charge in [0.25, 0.3) is 0 Å². The van der Waals surface area contributed by atoms with Gasteiger partial charge in [0.05, 0.1) is 67.9 Å². The van der Waals surface area contributed by atoms with E-state index in [1.165, 1.54) is 58.4 Å². The van der Waals surface area contributed by atoms with Crippen molar-refractivity contribution in [3.63, 3.8) is 0 Å². The topological polar surface area (TPSA) is 359 Å². The molecule has 490 valence electrons. The summed E-state index contributed by atoms with van der Waals surface area (Å²) < 4.78 is 21.0. The molecule has 2 rings (SSSR count). The lowest BCUT2D eigenvalue weighted by atomic mass is 9.83. The van der Waals surface area contributed by atoms with Crippen LogP contribution < -0.4 is 10.6 Å². The summed E-state index contributed by atoms with van der Waals surface area (Å²) in [6.45, 7) is 21.5. The Balaban J connectivity index is 0. The fourth-order valence-electron chi connectivity index (χ4n) is 8.24. The number of hydrogen-bond donors (Lipinski definition) is 10. The summed E-state index contributed by atoms with van der Waals surface area (Å²) in [5, 5.41) is 84.5. The summed E-state index contributed by atoms with van der Waals surface area (Å²) >= 11 is 2.17. The molecular formula is C61H104N2O20S2. The Morgan fingerprint density at radius 1 is 0.612 bits per heavy atom. The van der Waals surface area contributed by atoms with E-state index in [-0.39, 0.29) is 94.7 Å². The van der Waals surface area contributed by atoms with Crippen molar-refractivity contribution in [1.29, 1.82) is 0 Å². The SMILES string of the molecule is CCC(=O)NCCSC(=O)[C@H](C)[C@@H](C)O.CCC(=O)NCCSC(=O)[C@H](CO)[C@@H](C)O.CC[C@H]1C[C@@H](C)C(=O)/C=C/C=C/[C@H](C)[C@@H](C)OC(=O)C[C@@H](O)[C@H](OC)[C@H]1O.CC[C@H]1C[C@@H](C)C(=O)/C=C/C=C/[C@H](O)[C@@H](C)OC(=O)C[C@@H](O)[C@H](OC)[C@H]1O. The van der Waals surface area contributed by atoms with Crippen molar-refractivity contribution in [3.05, 3.63) is 48.6 Å². The second-order valence-electron chi connectivity index (χ2n) is 21.4. The summed E-state index contributed by atoms with van der Waals surface area (Å²) in [5.74, 6) is -2.66. The first-order chi connectivity index (χ1) is 39.9. The maximum Gasteiger partial charge on any atom is 0.308 e. The van der Waals surface area contributed by atoms with Crippen molar-refractivity contribution in [2.75, 3.05) is 45.4 Å². The van der Waals surface area contributed by atoms with E-state index < -0.39 is 78.9 Å². The molecule has 2 aliphatic heterocycles. The Bertz CT molecular complexity index is 1990. The number of amides is 2. The number of rotatable bonds is 17. The molecule has 0 bridgehead atoms. The maximum atomic E-state index is 12.3. The van der Waals surface area contributed by atoms with Gasteiger partial charge in [-0.3, -0.25) is 38.4 Å².